The molecule has 0 fully saturated rings. The Balaban J connectivity index is 3.30. The number of quaternary nitrogens is 1. The van der Waals surface area contributed by atoms with Crippen molar-refractivity contribution in [2.45, 2.75) is 129 Å². The molecule has 0 N–H and O–H groups in total. The third-order valence-corrected chi connectivity index (χ3v) is 6.40. The number of unbranched alkanes of at least 4 members (excludes halogenated alkanes) is 17. The van der Waals surface area contributed by atoms with Gasteiger partial charge in [-0.3, -0.25) is 0 Å². The molecule has 0 aromatic heterocycles. The summed E-state index contributed by atoms with van der Waals surface area (Å²) in [4.78, 5) is 11.4. The molecule has 0 aliphatic heterocycles. The van der Waals surface area contributed by atoms with Crippen molar-refractivity contribution in [2.75, 3.05) is 33.8 Å². The number of nitrogens with zero attached hydrogens (tertiary/aromatic N) is 1. The molecule has 0 amide bonds. The third-order valence-electron chi connectivity index (χ3n) is 6.40. The van der Waals surface area contributed by atoms with Crippen molar-refractivity contribution in [2.24, 2.45) is 0 Å². The second kappa shape index (κ2) is 21.0. The minimum atomic E-state index is -0.270. The lowest BCUT2D eigenvalue weighted by Gasteiger charge is -2.29. The van der Waals surface area contributed by atoms with E-state index in [2.05, 4.69) is 27.6 Å². The SMILES string of the molecule is C=C(C)C(=O)OCC[N+](C)(C)CCCCCCCCCCCCCCCCCCCC. The average Bonchev–Trinajstić information content (AvgIpc) is 2.72. The van der Waals surface area contributed by atoms with Gasteiger partial charge in [-0.15, -0.1) is 0 Å². The van der Waals surface area contributed by atoms with Crippen LogP contribution in [-0.2, 0) is 9.53 Å². The molecule has 0 aliphatic carbocycles. The van der Waals surface area contributed by atoms with Crippen LogP contribution in [-0.4, -0.2) is 44.2 Å². The van der Waals surface area contributed by atoms with Gasteiger partial charge in [0, 0.05) is 5.57 Å². The van der Waals surface area contributed by atoms with Crippen molar-refractivity contribution in [1.82, 2.24) is 0 Å². The third kappa shape index (κ3) is 22.2. The monoisotopic (exact) mass is 438 g/mol. The van der Waals surface area contributed by atoms with Gasteiger partial charge in [0.25, 0.3) is 0 Å². The van der Waals surface area contributed by atoms with E-state index in [9.17, 15) is 4.79 Å². The zero-order valence-corrected chi connectivity index (χ0v) is 21.8. The lowest BCUT2D eigenvalue weighted by Crippen LogP contribution is -2.43. The maximum Gasteiger partial charge on any atom is 0.333 e. The van der Waals surface area contributed by atoms with Crippen LogP contribution in [0, 0.1) is 0 Å². The molecular weight excluding hydrogens is 382 g/mol. The summed E-state index contributed by atoms with van der Waals surface area (Å²) < 4.78 is 6.14. The number of esters is 1. The molecule has 0 saturated carbocycles. The van der Waals surface area contributed by atoms with Crippen LogP contribution in [0.15, 0.2) is 12.2 Å². The molecule has 184 valence electrons. The minimum absolute atomic E-state index is 0.270. The fourth-order valence-corrected chi connectivity index (χ4v) is 4.06. The molecule has 3 heteroatoms. The Hall–Kier alpha value is -0.830. The summed E-state index contributed by atoms with van der Waals surface area (Å²) in [6.07, 6.45) is 25.5. The van der Waals surface area contributed by atoms with E-state index >= 15 is 0 Å². The number of hydrogen-bond donors (Lipinski definition) is 0. The Morgan fingerprint density at radius 3 is 1.35 bits per heavy atom. The highest BCUT2D eigenvalue weighted by Gasteiger charge is 2.15. The molecule has 0 saturated heterocycles. The summed E-state index contributed by atoms with van der Waals surface area (Å²) in [5.41, 5.74) is 0.480. The van der Waals surface area contributed by atoms with E-state index in [1.807, 2.05) is 0 Å². The van der Waals surface area contributed by atoms with Crippen molar-refractivity contribution in [3.63, 3.8) is 0 Å². The second-order valence-electron chi connectivity index (χ2n) is 10.3. The maximum absolute atomic E-state index is 11.4. The summed E-state index contributed by atoms with van der Waals surface area (Å²) >= 11 is 0. The molecule has 0 radical (unpaired) electrons. The summed E-state index contributed by atoms with van der Waals surface area (Å²) in [6, 6.07) is 0. The molecular formula is C28H56NO2+. The topological polar surface area (TPSA) is 26.3 Å². The lowest BCUT2D eigenvalue weighted by atomic mass is 10.0. The fourth-order valence-electron chi connectivity index (χ4n) is 4.06. The maximum atomic E-state index is 11.4. The predicted molar refractivity (Wildman–Crippen MR) is 136 cm³/mol. The van der Waals surface area contributed by atoms with Gasteiger partial charge in [0.1, 0.15) is 13.2 Å². The lowest BCUT2D eigenvalue weighted by molar-refractivity contribution is -0.890. The first-order chi connectivity index (χ1) is 14.9. The number of rotatable bonds is 23. The number of likely N-dealkylation sites (N-methyl/N-ethyl adjacent to an activating group) is 1. The van der Waals surface area contributed by atoms with Crippen LogP contribution >= 0.6 is 0 Å². The Labute approximate surface area is 195 Å². The molecule has 0 aliphatic rings. The first kappa shape index (κ1) is 30.2. The van der Waals surface area contributed by atoms with E-state index in [1.165, 1.54) is 116 Å². The molecule has 0 heterocycles. The molecule has 0 unspecified atom stereocenters. The average molecular weight is 439 g/mol. The van der Waals surface area contributed by atoms with Gasteiger partial charge >= 0.3 is 5.97 Å². The zero-order chi connectivity index (χ0) is 23.2. The minimum Gasteiger partial charge on any atom is -0.456 e. The van der Waals surface area contributed by atoms with E-state index < -0.39 is 0 Å². The van der Waals surface area contributed by atoms with Crippen LogP contribution in [0.1, 0.15) is 129 Å². The highest BCUT2D eigenvalue weighted by atomic mass is 16.5. The van der Waals surface area contributed by atoms with Crippen LogP contribution in [0.4, 0.5) is 0 Å². The second-order valence-corrected chi connectivity index (χ2v) is 10.3. The Morgan fingerprint density at radius 1 is 0.645 bits per heavy atom. The normalized spacial score (nSPS) is 11.6. The first-order valence-corrected chi connectivity index (χ1v) is 13.5. The molecule has 0 spiro atoms. The standard InChI is InChI=1S/C28H56NO2/c1-6-7-8-9-10-11-12-13-14-15-16-17-18-19-20-21-22-23-24-29(4,5)25-26-31-28(30)27(2)3/h2,6-26H2,1,3-5H3/q+1. The summed E-state index contributed by atoms with van der Waals surface area (Å²) in [6.45, 7) is 10.1. The van der Waals surface area contributed by atoms with Crippen molar-refractivity contribution < 1.29 is 14.0 Å². The molecule has 3 nitrogen and oxygen atoms in total. The van der Waals surface area contributed by atoms with E-state index in [4.69, 9.17) is 4.74 Å². The largest absolute Gasteiger partial charge is 0.456 e. The smallest absolute Gasteiger partial charge is 0.333 e. The van der Waals surface area contributed by atoms with E-state index in [0.717, 1.165) is 17.6 Å². The Morgan fingerprint density at radius 2 is 1.00 bits per heavy atom. The van der Waals surface area contributed by atoms with Gasteiger partial charge in [0.2, 0.25) is 0 Å². The van der Waals surface area contributed by atoms with Gasteiger partial charge < -0.3 is 9.22 Å². The van der Waals surface area contributed by atoms with E-state index in [1.54, 1.807) is 6.92 Å². The van der Waals surface area contributed by atoms with Crippen LogP contribution in [0.25, 0.3) is 0 Å². The van der Waals surface area contributed by atoms with Crippen molar-refractivity contribution in [3.05, 3.63) is 12.2 Å². The molecule has 0 atom stereocenters. The van der Waals surface area contributed by atoms with Crippen LogP contribution in [0.5, 0.6) is 0 Å². The van der Waals surface area contributed by atoms with Crippen LogP contribution < -0.4 is 0 Å². The number of hydrogen-bond acceptors (Lipinski definition) is 2. The van der Waals surface area contributed by atoms with Crippen molar-refractivity contribution in [1.29, 1.82) is 0 Å². The zero-order valence-electron chi connectivity index (χ0n) is 21.8. The summed E-state index contributed by atoms with van der Waals surface area (Å²) in [7, 11) is 4.45. The molecule has 31 heavy (non-hydrogen) atoms. The highest BCUT2D eigenvalue weighted by molar-refractivity contribution is 5.86. The van der Waals surface area contributed by atoms with Gasteiger partial charge in [-0.25, -0.2) is 4.79 Å². The van der Waals surface area contributed by atoms with Gasteiger partial charge in [-0.05, 0) is 19.8 Å². The van der Waals surface area contributed by atoms with Crippen LogP contribution in [0.3, 0.4) is 0 Å². The first-order valence-electron chi connectivity index (χ1n) is 13.5. The number of carbonyl (C=O) groups excluding carboxylic acids is 1. The summed E-state index contributed by atoms with van der Waals surface area (Å²) in [5, 5.41) is 0. The van der Waals surface area contributed by atoms with Gasteiger partial charge in [-0.2, -0.15) is 0 Å². The van der Waals surface area contributed by atoms with Gasteiger partial charge in [-0.1, -0.05) is 116 Å². The Kier molecular flexibility index (Phi) is 20.5. The molecule has 0 aromatic rings. The van der Waals surface area contributed by atoms with Gasteiger partial charge in [0.15, 0.2) is 0 Å². The predicted octanol–water partition coefficient (Wildman–Crippen LogP) is 8.22. The molecule has 0 bridgehead atoms. The Bertz CT molecular complexity index is 431. The highest BCUT2D eigenvalue weighted by Crippen LogP contribution is 2.14. The number of carbonyl (C=O) groups is 1. The van der Waals surface area contributed by atoms with Crippen LogP contribution in [0.2, 0.25) is 0 Å². The van der Waals surface area contributed by atoms with E-state index in [-0.39, 0.29) is 5.97 Å². The summed E-state index contributed by atoms with van der Waals surface area (Å²) in [5.74, 6) is -0.270. The van der Waals surface area contributed by atoms with E-state index in [0.29, 0.717) is 12.2 Å². The fraction of sp³-hybridized carbons (Fsp3) is 0.893. The van der Waals surface area contributed by atoms with Crippen molar-refractivity contribution in [3.8, 4) is 0 Å². The van der Waals surface area contributed by atoms with Crippen molar-refractivity contribution >= 4 is 5.97 Å². The number of ether oxygens (including phenoxy) is 1. The molecule has 0 rings (SSSR count). The van der Waals surface area contributed by atoms with Gasteiger partial charge in [0.05, 0.1) is 20.6 Å². The molecule has 0 aromatic carbocycles. The quantitative estimate of drug-likeness (QED) is 0.0695.